The maximum atomic E-state index is 13.0. The van der Waals surface area contributed by atoms with Gasteiger partial charge in [-0.2, -0.15) is 0 Å². The molecule has 1 N–H and O–H groups in total. The first kappa shape index (κ1) is 11.5. The number of hydrogen-bond acceptors (Lipinski definition) is 2. The fraction of sp³-hybridized carbons (Fsp3) is 0.286. The highest BCUT2D eigenvalue weighted by Gasteiger charge is 2.26. The lowest BCUT2D eigenvalue weighted by molar-refractivity contribution is 0.628. The van der Waals surface area contributed by atoms with Gasteiger partial charge in [-0.25, -0.2) is 9.37 Å². The minimum Gasteiger partial charge on any atom is -0.343 e. The van der Waals surface area contributed by atoms with Crippen LogP contribution in [0.25, 0.3) is 11.3 Å². The number of aromatic nitrogens is 2. The number of aromatic amines is 1. The van der Waals surface area contributed by atoms with E-state index in [0.717, 1.165) is 22.6 Å². The average molecular weight is 260 g/mol. The summed E-state index contributed by atoms with van der Waals surface area (Å²) in [6, 6.07) is 6.45. The molecular weight excluding hydrogens is 247 g/mol. The van der Waals surface area contributed by atoms with Crippen molar-refractivity contribution in [1.82, 2.24) is 9.97 Å². The van der Waals surface area contributed by atoms with Gasteiger partial charge in [0, 0.05) is 11.5 Å². The van der Waals surface area contributed by atoms with Gasteiger partial charge >= 0.3 is 0 Å². The minimum absolute atomic E-state index is 0.230. The molecule has 1 saturated carbocycles. The third-order valence-corrected chi connectivity index (χ3v) is 3.67. The van der Waals surface area contributed by atoms with Crippen LogP contribution in [0, 0.1) is 17.4 Å². The van der Waals surface area contributed by atoms with Crippen molar-refractivity contribution < 1.29 is 4.39 Å². The Bertz CT molecular complexity index is 642. The van der Waals surface area contributed by atoms with E-state index in [4.69, 9.17) is 12.2 Å². The van der Waals surface area contributed by atoms with E-state index in [-0.39, 0.29) is 5.82 Å². The lowest BCUT2D eigenvalue weighted by atomic mass is 10.1. The van der Waals surface area contributed by atoms with Crippen LogP contribution in [-0.2, 0) is 0 Å². The van der Waals surface area contributed by atoms with Gasteiger partial charge in [0.05, 0.1) is 5.69 Å². The number of H-pyrrole nitrogens is 1. The third kappa shape index (κ3) is 2.08. The zero-order valence-corrected chi connectivity index (χ0v) is 10.9. The normalized spacial score (nSPS) is 14.8. The summed E-state index contributed by atoms with van der Waals surface area (Å²) in [7, 11) is 0. The molecule has 1 aromatic heterocycles. The van der Waals surface area contributed by atoms with Crippen LogP contribution in [0.3, 0.4) is 0 Å². The molecule has 0 aliphatic heterocycles. The Morgan fingerprint density at radius 3 is 2.56 bits per heavy atom. The van der Waals surface area contributed by atoms with Crippen molar-refractivity contribution in [3.05, 3.63) is 46.1 Å². The Kier molecular flexibility index (Phi) is 2.74. The Balaban J connectivity index is 2.15. The van der Waals surface area contributed by atoms with Crippen molar-refractivity contribution in [2.45, 2.75) is 25.7 Å². The van der Waals surface area contributed by atoms with Crippen molar-refractivity contribution >= 4 is 12.2 Å². The molecule has 0 unspecified atom stereocenters. The summed E-state index contributed by atoms with van der Waals surface area (Å²) in [5.74, 6) is 1.25. The van der Waals surface area contributed by atoms with Gasteiger partial charge in [-0.15, -0.1) is 0 Å². The first-order valence-corrected chi connectivity index (χ1v) is 6.43. The van der Waals surface area contributed by atoms with Crippen molar-refractivity contribution in [1.29, 1.82) is 0 Å². The molecule has 3 rings (SSSR count). The summed E-state index contributed by atoms with van der Waals surface area (Å²) in [6.45, 7) is 1.95. The van der Waals surface area contributed by atoms with E-state index >= 15 is 0 Å². The van der Waals surface area contributed by atoms with E-state index in [0.29, 0.717) is 10.6 Å². The standard InChI is InChI=1S/C14H13FN2S/c1-8-12(9-4-6-11(15)7-5-9)16-13(10-2-3-10)17-14(8)18/h4-7,10H,2-3H2,1H3,(H,16,17,18). The molecular formula is C14H13FN2S. The number of nitrogens with one attached hydrogen (secondary N) is 1. The number of halogens is 1. The summed E-state index contributed by atoms with van der Waals surface area (Å²) in [4.78, 5) is 7.77. The van der Waals surface area contributed by atoms with Gasteiger partial charge in [-0.1, -0.05) is 12.2 Å². The van der Waals surface area contributed by atoms with Crippen LogP contribution < -0.4 is 0 Å². The third-order valence-electron chi connectivity index (χ3n) is 3.27. The second kappa shape index (κ2) is 4.28. The SMILES string of the molecule is Cc1c(-c2ccc(F)cc2)[nH]c(C2CC2)nc1=S. The zero-order valence-electron chi connectivity index (χ0n) is 10.0. The molecule has 0 atom stereocenters. The van der Waals surface area contributed by atoms with Crippen LogP contribution in [0.1, 0.15) is 30.1 Å². The van der Waals surface area contributed by atoms with Gasteiger partial charge in [0.15, 0.2) is 0 Å². The fourth-order valence-corrected chi connectivity index (χ4v) is 2.21. The topological polar surface area (TPSA) is 28.7 Å². The lowest BCUT2D eigenvalue weighted by Crippen LogP contribution is -1.99. The fourth-order valence-electron chi connectivity index (χ4n) is 2.01. The molecule has 1 aromatic carbocycles. The average Bonchev–Trinajstić information content (AvgIpc) is 3.18. The van der Waals surface area contributed by atoms with E-state index in [1.165, 1.54) is 25.0 Å². The predicted molar refractivity (Wildman–Crippen MR) is 71.5 cm³/mol. The van der Waals surface area contributed by atoms with Crippen LogP contribution in [0.5, 0.6) is 0 Å². The molecule has 0 radical (unpaired) electrons. The lowest BCUT2D eigenvalue weighted by Gasteiger charge is -2.09. The molecule has 1 aliphatic rings. The first-order valence-electron chi connectivity index (χ1n) is 6.02. The van der Waals surface area contributed by atoms with Crippen LogP contribution in [0.2, 0.25) is 0 Å². The van der Waals surface area contributed by atoms with Gasteiger partial charge in [0.2, 0.25) is 0 Å². The maximum absolute atomic E-state index is 13.0. The van der Waals surface area contributed by atoms with Crippen LogP contribution in [0.15, 0.2) is 24.3 Å². The van der Waals surface area contributed by atoms with E-state index in [9.17, 15) is 4.39 Å². The molecule has 0 amide bonds. The Morgan fingerprint density at radius 2 is 1.94 bits per heavy atom. The highest BCUT2D eigenvalue weighted by Crippen LogP contribution is 2.39. The van der Waals surface area contributed by atoms with E-state index in [2.05, 4.69) is 9.97 Å². The van der Waals surface area contributed by atoms with Crippen molar-refractivity contribution in [3.63, 3.8) is 0 Å². The molecule has 0 spiro atoms. The summed E-state index contributed by atoms with van der Waals surface area (Å²) >= 11 is 5.30. The quantitative estimate of drug-likeness (QED) is 0.822. The number of rotatable bonds is 2. The Hall–Kier alpha value is -1.55. The molecule has 2 aromatic rings. The molecule has 2 nitrogen and oxygen atoms in total. The highest BCUT2D eigenvalue weighted by atomic mass is 32.1. The summed E-state index contributed by atoms with van der Waals surface area (Å²) in [5.41, 5.74) is 2.85. The monoisotopic (exact) mass is 260 g/mol. The van der Waals surface area contributed by atoms with Crippen LogP contribution in [0.4, 0.5) is 4.39 Å². The van der Waals surface area contributed by atoms with Crippen molar-refractivity contribution in [3.8, 4) is 11.3 Å². The summed E-state index contributed by atoms with van der Waals surface area (Å²) in [5, 5.41) is 0. The summed E-state index contributed by atoms with van der Waals surface area (Å²) < 4.78 is 13.6. The van der Waals surface area contributed by atoms with Crippen molar-refractivity contribution in [2.24, 2.45) is 0 Å². The largest absolute Gasteiger partial charge is 0.343 e. The van der Waals surface area contributed by atoms with Gasteiger partial charge in [-0.05, 0) is 49.6 Å². The molecule has 92 valence electrons. The summed E-state index contributed by atoms with van der Waals surface area (Å²) in [6.07, 6.45) is 2.34. The van der Waals surface area contributed by atoms with E-state index < -0.39 is 0 Å². The molecule has 0 bridgehead atoms. The van der Waals surface area contributed by atoms with Gasteiger partial charge in [-0.3, -0.25) is 0 Å². The molecule has 1 fully saturated rings. The Labute approximate surface area is 110 Å². The number of hydrogen-bond donors (Lipinski definition) is 1. The number of benzene rings is 1. The van der Waals surface area contributed by atoms with Gasteiger partial charge in [0.1, 0.15) is 16.3 Å². The highest BCUT2D eigenvalue weighted by molar-refractivity contribution is 7.71. The van der Waals surface area contributed by atoms with Crippen LogP contribution in [-0.4, -0.2) is 9.97 Å². The van der Waals surface area contributed by atoms with Crippen molar-refractivity contribution in [2.75, 3.05) is 0 Å². The smallest absolute Gasteiger partial charge is 0.133 e. The Morgan fingerprint density at radius 1 is 1.28 bits per heavy atom. The maximum Gasteiger partial charge on any atom is 0.133 e. The van der Waals surface area contributed by atoms with Gasteiger partial charge in [0.25, 0.3) is 0 Å². The van der Waals surface area contributed by atoms with E-state index in [1.807, 2.05) is 6.92 Å². The molecule has 1 heterocycles. The second-order valence-corrected chi connectivity index (χ2v) is 5.10. The van der Waals surface area contributed by atoms with Crippen LogP contribution >= 0.6 is 12.2 Å². The first-order chi connectivity index (χ1) is 8.65. The molecule has 0 saturated heterocycles. The number of nitrogens with zero attached hydrogens (tertiary/aromatic N) is 1. The predicted octanol–water partition coefficient (Wildman–Crippen LogP) is 4.13. The molecule has 4 heteroatoms. The molecule has 1 aliphatic carbocycles. The zero-order chi connectivity index (χ0) is 12.7. The second-order valence-electron chi connectivity index (χ2n) is 4.71. The molecule has 18 heavy (non-hydrogen) atoms. The minimum atomic E-state index is -0.230. The van der Waals surface area contributed by atoms with Gasteiger partial charge < -0.3 is 4.98 Å². The van der Waals surface area contributed by atoms with E-state index in [1.54, 1.807) is 12.1 Å².